The minimum atomic E-state index is 0.657. The first-order valence-electron chi connectivity index (χ1n) is 5.24. The van der Waals surface area contributed by atoms with Crippen molar-refractivity contribution in [2.24, 2.45) is 0 Å². The second-order valence-corrected chi connectivity index (χ2v) is 4.51. The number of hydrogen-bond donors (Lipinski definition) is 2. The summed E-state index contributed by atoms with van der Waals surface area (Å²) in [4.78, 5) is 4.04. The molecule has 0 radical (unpaired) electrons. The van der Waals surface area contributed by atoms with Gasteiger partial charge in [-0.15, -0.1) is 0 Å². The average Bonchev–Trinajstić information content (AvgIpc) is 2.76. The van der Waals surface area contributed by atoms with E-state index in [1.54, 1.807) is 6.07 Å². The fourth-order valence-corrected chi connectivity index (χ4v) is 2.08. The van der Waals surface area contributed by atoms with E-state index in [9.17, 15) is 0 Å². The van der Waals surface area contributed by atoms with E-state index in [4.69, 9.17) is 23.2 Å². The van der Waals surface area contributed by atoms with Crippen LogP contribution in [-0.2, 0) is 13.0 Å². The number of nitrogens with one attached hydrogen (secondary N) is 2. The highest BCUT2D eigenvalue weighted by Gasteiger charge is 1.99. The Morgan fingerprint density at radius 2 is 1.94 bits per heavy atom. The summed E-state index contributed by atoms with van der Waals surface area (Å²) in [6.45, 7) is 1.55. The van der Waals surface area contributed by atoms with E-state index in [0.717, 1.165) is 30.9 Å². The SMILES string of the molecule is Clc1cc(Cl)cc(CNCCc2ncn[nH]2)c1. The van der Waals surface area contributed by atoms with Crippen molar-refractivity contribution < 1.29 is 0 Å². The van der Waals surface area contributed by atoms with Crippen molar-refractivity contribution in [1.29, 1.82) is 0 Å². The molecular weight excluding hydrogens is 259 g/mol. The fourth-order valence-electron chi connectivity index (χ4n) is 1.50. The summed E-state index contributed by atoms with van der Waals surface area (Å²) in [5, 5.41) is 11.2. The Morgan fingerprint density at radius 3 is 2.59 bits per heavy atom. The van der Waals surface area contributed by atoms with Gasteiger partial charge in [0.1, 0.15) is 12.2 Å². The van der Waals surface area contributed by atoms with Crippen molar-refractivity contribution in [3.63, 3.8) is 0 Å². The maximum atomic E-state index is 5.91. The molecule has 0 aliphatic carbocycles. The number of H-pyrrole nitrogens is 1. The molecular formula is C11H12Cl2N4. The Balaban J connectivity index is 1.78. The molecule has 0 saturated heterocycles. The van der Waals surface area contributed by atoms with Gasteiger partial charge in [-0.25, -0.2) is 4.98 Å². The maximum absolute atomic E-state index is 5.91. The van der Waals surface area contributed by atoms with E-state index in [1.165, 1.54) is 6.33 Å². The lowest BCUT2D eigenvalue weighted by Gasteiger charge is -2.05. The van der Waals surface area contributed by atoms with Gasteiger partial charge in [-0.1, -0.05) is 23.2 Å². The van der Waals surface area contributed by atoms with Crippen LogP contribution in [0.4, 0.5) is 0 Å². The highest BCUT2D eigenvalue weighted by Crippen LogP contribution is 2.18. The number of hydrogen-bond acceptors (Lipinski definition) is 3. The van der Waals surface area contributed by atoms with Gasteiger partial charge in [0.05, 0.1) is 0 Å². The van der Waals surface area contributed by atoms with Gasteiger partial charge < -0.3 is 5.32 Å². The van der Waals surface area contributed by atoms with Gasteiger partial charge in [0.2, 0.25) is 0 Å². The van der Waals surface area contributed by atoms with Gasteiger partial charge in [-0.05, 0) is 23.8 Å². The molecule has 0 aliphatic heterocycles. The second-order valence-electron chi connectivity index (χ2n) is 3.64. The number of benzene rings is 1. The van der Waals surface area contributed by atoms with Crippen molar-refractivity contribution in [2.45, 2.75) is 13.0 Å². The van der Waals surface area contributed by atoms with E-state index >= 15 is 0 Å². The Morgan fingerprint density at radius 1 is 1.18 bits per heavy atom. The summed E-state index contributed by atoms with van der Waals surface area (Å²) in [7, 11) is 0. The maximum Gasteiger partial charge on any atom is 0.137 e. The smallest absolute Gasteiger partial charge is 0.137 e. The molecule has 90 valence electrons. The first kappa shape index (κ1) is 12.4. The van der Waals surface area contributed by atoms with E-state index in [0.29, 0.717) is 10.0 Å². The summed E-state index contributed by atoms with van der Waals surface area (Å²) >= 11 is 11.8. The number of nitrogens with zero attached hydrogens (tertiary/aromatic N) is 2. The van der Waals surface area contributed by atoms with Crippen LogP contribution >= 0.6 is 23.2 Å². The molecule has 17 heavy (non-hydrogen) atoms. The lowest BCUT2D eigenvalue weighted by atomic mass is 10.2. The van der Waals surface area contributed by atoms with E-state index in [2.05, 4.69) is 20.5 Å². The zero-order valence-corrected chi connectivity index (χ0v) is 10.6. The van der Waals surface area contributed by atoms with Crippen molar-refractivity contribution >= 4 is 23.2 Å². The third kappa shape index (κ3) is 4.00. The third-order valence-electron chi connectivity index (χ3n) is 2.25. The molecule has 2 aromatic rings. The van der Waals surface area contributed by atoms with Crippen LogP contribution in [0.5, 0.6) is 0 Å². The van der Waals surface area contributed by atoms with Gasteiger partial charge in [-0.3, -0.25) is 5.10 Å². The lowest BCUT2D eigenvalue weighted by molar-refractivity contribution is 0.672. The molecule has 1 heterocycles. The Kier molecular flexibility index (Phi) is 4.36. The molecule has 0 amide bonds. The molecule has 0 fully saturated rings. The molecule has 0 bridgehead atoms. The third-order valence-corrected chi connectivity index (χ3v) is 2.69. The van der Waals surface area contributed by atoms with Crippen LogP contribution in [0.2, 0.25) is 10.0 Å². The molecule has 0 aliphatic rings. The van der Waals surface area contributed by atoms with Gasteiger partial charge in [0.25, 0.3) is 0 Å². The number of aromatic nitrogens is 3. The Labute approximate surface area is 109 Å². The molecule has 2 rings (SSSR count). The van der Waals surface area contributed by atoms with Crippen LogP contribution in [0, 0.1) is 0 Å². The molecule has 1 aromatic heterocycles. The highest BCUT2D eigenvalue weighted by atomic mass is 35.5. The lowest BCUT2D eigenvalue weighted by Crippen LogP contribution is -2.17. The number of halogens is 2. The predicted molar refractivity (Wildman–Crippen MR) is 68.3 cm³/mol. The predicted octanol–water partition coefficient (Wildman–Crippen LogP) is 2.44. The number of aromatic amines is 1. The minimum Gasteiger partial charge on any atom is -0.312 e. The minimum absolute atomic E-state index is 0.657. The summed E-state index contributed by atoms with van der Waals surface area (Å²) in [5.41, 5.74) is 1.07. The quantitative estimate of drug-likeness (QED) is 0.821. The Bertz CT molecular complexity index is 450. The molecule has 0 unspecified atom stereocenters. The highest BCUT2D eigenvalue weighted by molar-refractivity contribution is 6.34. The molecule has 0 atom stereocenters. The summed E-state index contributed by atoms with van der Waals surface area (Å²) in [5.74, 6) is 0.877. The molecule has 6 heteroatoms. The first-order chi connectivity index (χ1) is 8.24. The largest absolute Gasteiger partial charge is 0.312 e. The molecule has 2 N–H and O–H groups in total. The van der Waals surface area contributed by atoms with Crippen molar-refractivity contribution in [2.75, 3.05) is 6.54 Å². The van der Waals surface area contributed by atoms with E-state index < -0.39 is 0 Å². The van der Waals surface area contributed by atoms with Crippen LogP contribution in [0.25, 0.3) is 0 Å². The number of rotatable bonds is 5. The summed E-state index contributed by atoms with van der Waals surface area (Å²) < 4.78 is 0. The zero-order valence-electron chi connectivity index (χ0n) is 9.08. The van der Waals surface area contributed by atoms with Gasteiger partial charge in [0, 0.05) is 29.6 Å². The van der Waals surface area contributed by atoms with Crippen molar-refractivity contribution in [3.05, 3.63) is 46.0 Å². The monoisotopic (exact) mass is 270 g/mol. The second kappa shape index (κ2) is 6.00. The fraction of sp³-hybridized carbons (Fsp3) is 0.273. The normalized spacial score (nSPS) is 10.7. The summed E-state index contributed by atoms with van der Waals surface area (Å²) in [6.07, 6.45) is 2.32. The molecule has 4 nitrogen and oxygen atoms in total. The topological polar surface area (TPSA) is 53.6 Å². The van der Waals surface area contributed by atoms with Crippen LogP contribution in [0.15, 0.2) is 24.5 Å². The zero-order chi connectivity index (χ0) is 12.1. The van der Waals surface area contributed by atoms with Gasteiger partial charge >= 0.3 is 0 Å². The molecule has 1 aromatic carbocycles. The van der Waals surface area contributed by atoms with Gasteiger partial charge in [-0.2, -0.15) is 5.10 Å². The van der Waals surface area contributed by atoms with Crippen LogP contribution < -0.4 is 5.32 Å². The average molecular weight is 271 g/mol. The first-order valence-corrected chi connectivity index (χ1v) is 5.99. The van der Waals surface area contributed by atoms with Crippen LogP contribution in [0.1, 0.15) is 11.4 Å². The van der Waals surface area contributed by atoms with Crippen molar-refractivity contribution in [1.82, 2.24) is 20.5 Å². The molecule has 0 spiro atoms. The van der Waals surface area contributed by atoms with Crippen molar-refractivity contribution in [3.8, 4) is 0 Å². The summed E-state index contributed by atoms with van der Waals surface area (Å²) in [6, 6.07) is 5.52. The Hall–Kier alpha value is -1.10. The van der Waals surface area contributed by atoms with Crippen LogP contribution in [0.3, 0.4) is 0 Å². The molecule has 0 saturated carbocycles. The standard InChI is InChI=1S/C11H12Cl2N4/c12-9-3-8(4-10(13)5-9)6-14-2-1-11-15-7-16-17-11/h3-5,7,14H,1-2,6H2,(H,15,16,17). The van der Waals surface area contributed by atoms with Crippen LogP contribution in [-0.4, -0.2) is 21.7 Å². The van der Waals surface area contributed by atoms with Gasteiger partial charge in [0.15, 0.2) is 0 Å². The van der Waals surface area contributed by atoms with E-state index in [1.807, 2.05) is 12.1 Å². The van der Waals surface area contributed by atoms with E-state index in [-0.39, 0.29) is 0 Å².